The number of pyridine rings is 1. The molecular weight excluding hydrogens is 318 g/mol. The van der Waals surface area contributed by atoms with E-state index in [9.17, 15) is 4.79 Å². The van der Waals surface area contributed by atoms with Crippen LogP contribution in [0.15, 0.2) is 34.9 Å². The van der Waals surface area contributed by atoms with Crippen LogP contribution in [-0.4, -0.2) is 10.9 Å². The fraction of sp³-hybridized carbons (Fsp3) is 0.267. The summed E-state index contributed by atoms with van der Waals surface area (Å²) in [6, 6.07) is 9.56. The van der Waals surface area contributed by atoms with Crippen molar-refractivity contribution >= 4 is 38.4 Å². The van der Waals surface area contributed by atoms with Gasteiger partial charge in [0.15, 0.2) is 0 Å². The first-order valence-electron chi connectivity index (χ1n) is 6.27. The maximum Gasteiger partial charge on any atom is 0.244 e. The Morgan fingerprint density at radius 3 is 2.95 bits per heavy atom. The van der Waals surface area contributed by atoms with Gasteiger partial charge in [0.1, 0.15) is 5.41 Å². The van der Waals surface area contributed by atoms with Crippen molar-refractivity contribution in [2.24, 2.45) is 5.41 Å². The Balaban J connectivity index is 2.40. The second-order valence-corrected chi connectivity index (χ2v) is 5.70. The lowest BCUT2D eigenvalue weighted by molar-refractivity contribution is -0.122. The highest BCUT2D eigenvalue weighted by molar-refractivity contribution is 9.10. The van der Waals surface area contributed by atoms with Gasteiger partial charge in [0.05, 0.1) is 17.3 Å². The molecule has 0 aliphatic carbocycles. The zero-order valence-corrected chi connectivity index (χ0v) is 12.9. The molecule has 0 aliphatic heterocycles. The van der Waals surface area contributed by atoms with Crippen LogP contribution in [-0.2, 0) is 4.79 Å². The third-order valence-corrected chi connectivity index (χ3v) is 3.81. The molecule has 1 N–H and O–H groups in total. The molecule has 1 amide bonds. The molecule has 2 rings (SSSR count). The third-order valence-electron chi connectivity index (χ3n) is 3.38. The Labute approximate surface area is 125 Å². The number of hydrogen-bond acceptors (Lipinski definition) is 3. The quantitative estimate of drug-likeness (QED) is 0.928. The Kier molecular flexibility index (Phi) is 4.05. The number of nitriles is 1. The van der Waals surface area contributed by atoms with Gasteiger partial charge in [-0.15, -0.1) is 0 Å². The second-order valence-electron chi connectivity index (χ2n) is 4.78. The minimum Gasteiger partial charge on any atom is -0.323 e. The van der Waals surface area contributed by atoms with Gasteiger partial charge in [-0.1, -0.05) is 19.1 Å². The average molecular weight is 332 g/mol. The standard InChI is InChI=1S/C15H14BrN3O/c1-3-15(2,9-17)14(20)19-12-6-4-5-10-7-11(16)8-18-13(10)12/h4-8H,3H2,1-2H3,(H,19,20). The lowest BCUT2D eigenvalue weighted by Gasteiger charge is -2.19. The highest BCUT2D eigenvalue weighted by Gasteiger charge is 2.31. The molecule has 5 heteroatoms. The third kappa shape index (κ3) is 2.66. The van der Waals surface area contributed by atoms with Crippen LogP contribution in [0.4, 0.5) is 5.69 Å². The van der Waals surface area contributed by atoms with E-state index in [2.05, 4.69) is 32.3 Å². The first-order chi connectivity index (χ1) is 9.50. The van der Waals surface area contributed by atoms with E-state index >= 15 is 0 Å². The SMILES string of the molecule is CCC(C)(C#N)C(=O)Nc1cccc2cc(Br)cnc12. The monoisotopic (exact) mass is 331 g/mol. The van der Waals surface area contributed by atoms with Crippen LogP contribution in [0.3, 0.4) is 0 Å². The molecule has 2 aromatic rings. The van der Waals surface area contributed by atoms with Gasteiger partial charge in [-0.25, -0.2) is 0 Å². The van der Waals surface area contributed by atoms with Crippen molar-refractivity contribution < 1.29 is 4.79 Å². The number of rotatable bonds is 3. The smallest absolute Gasteiger partial charge is 0.244 e. The molecule has 102 valence electrons. The van der Waals surface area contributed by atoms with E-state index in [1.807, 2.05) is 25.1 Å². The molecule has 0 saturated heterocycles. The van der Waals surface area contributed by atoms with Gasteiger partial charge < -0.3 is 5.32 Å². The van der Waals surface area contributed by atoms with E-state index in [1.165, 1.54) is 0 Å². The van der Waals surface area contributed by atoms with Crippen LogP contribution < -0.4 is 5.32 Å². The van der Waals surface area contributed by atoms with Crippen molar-refractivity contribution in [3.63, 3.8) is 0 Å². The zero-order valence-electron chi connectivity index (χ0n) is 11.3. The van der Waals surface area contributed by atoms with Gasteiger partial charge in [0.2, 0.25) is 5.91 Å². The zero-order chi connectivity index (χ0) is 14.8. The number of anilines is 1. The molecule has 0 spiro atoms. The van der Waals surface area contributed by atoms with Gasteiger partial charge in [-0.2, -0.15) is 5.26 Å². The summed E-state index contributed by atoms with van der Waals surface area (Å²) in [6.45, 7) is 3.46. The van der Waals surface area contributed by atoms with Crippen molar-refractivity contribution in [3.8, 4) is 6.07 Å². The average Bonchev–Trinajstić information content (AvgIpc) is 2.46. The topological polar surface area (TPSA) is 65.8 Å². The second kappa shape index (κ2) is 5.59. The number of hydrogen-bond donors (Lipinski definition) is 1. The summed E-state index contributed by atoms with van der Waals surface area (Å²) >= 11 is 3.37. The largest absolute Gasteiger partial charge is 0.323 e. The molecule has 1 aromatic heterocycles. The Hall–Kier alpha value is -1.93. The minimum atomic E-state index is -1.03. The van der Waals surface area contributed by atoms with Crippen molar-refractivity contribution in [3.05, 3.63) is 34.9 Å². The summed E-state index contributed by atoms with van der Waals surface area (Å²) in [6.07, 6.45) is 2.14. The summed E-state index contributed by atoms with van der Waals surface area (Å²) in [5, 5.41) is 12.9. The predicted octanol–water partition coefficient (Wildman–Crippen LogP) is 3.88. The summed E-state index contributed by atoms with van der Waals surface area (Å²) in [7, 11) is 0. The van der Waals surface area contributed by atoms with Gasteiger partial charge >= 0.3 is 0 Å². The highest BCUT2D eigenvalue weighted by atomic mass is 79.9. The lowest BCUT2D eigenvalue weighted by Crippen LogP contribution is -2.31. The number of carbonyl (C=O) groups is 1. The summed E-state index contributed by atoms with van der Waals surface area (Å²) in [5.74, 6) is -0.306. The van der Waals surface area contributed by atoms with Crippen molar-refractivity contribution in [1.82, 2.24) is 4.98 Å². The van der Waals surface area contributed by atoms with E-state index in [0.717, 1.165) is 9.86 Å². The number of fused-ring (bicyclic) bond motifs is 1. The van der Waals surface area contributed by atoms with Gasteiger partial charge in [0.25, 0.3) is 0 Å². The molecule has 0 bridgehead atoms. The summed E-state index contributed by atoms with van der Waals surface area (Å²) in [5.41, 5.74) is 0.299. The molecule has 4 nitrogen and oxygen atoms in total. The fourth-order valence-corrected chi connectivity index (χ4v) is 2.13. The minimum absolute atomic E-state index is 0.306. The molecule has 1 atom stereocenters. The van der Waals surface area contributed by atoms with Crippen LogP contribution in [0.2, 0.25) is 0 Å². The normalized spacial score (nSPS) is 13.5. The van der Waals surface area contributed by atoms with Crippen molar-refractivity contribution in [2.75, 3.05) is 5.32 Å². The van der Waals surface area contributed by atoms with Gasteiger partial charge in [-0.3, -0.25) is 9.78 Å². The number of halogens is 1. The molecule has 1 heterocycles. The maximum atomic E-state index is 12.2. The first kappa shape index (κ1) is 14.5. The predicted molar refractivity (Wildman–Crippen MR) is 82.1 cm³/mol. The Morgan fingerprint density at radius 1 is 1.55 bits per heavy atom. The number of amides is 1. The highest BCUT2D eigenvalue weighted by Crippen LogP contribution is 2.27. The van der Waals surface area contributed by atoms with Gasteiger partial charge in [0, 0.05) is 16.1 Å². The van der Waals surface area contributed by atoms with Crippen molar-refractivity contribution in [2.45, 2.75) is 20.3 Å². The molecule has 0 saturated carbocycles. The first-order valence-corrected chi connectivity index (χ1v) is 7.06. The lowest BCUT2D eigenvalue weighted by atomic mass is 9.88. The van der Waals surface area contributed by atoms with E-state index in [-0.39, 0.29) is 5.91 Å². The Bertz CT molecular complexity index is 708. The van der Waals surface area contributed by atoms with Crippen LogP contribution in [0, 0.1) is 16.7 Å². The fourth-order valence-electron chi connectivity index (χ4n) is 1.79. The van der Waals surface area contributed by atoms with Gasteiger partial charge in [-0.05, 0) is 41.4 Å². The molecule has 1 aromatic carbocycles. The molecular formula is C15H14BrN3O. The van der Waals surface area contributed by atoms with Crippen LogP contribution >= 0.6 is 15.9 Å². The van der Waals surface area contributed by atoms with E-state index in [4.69, 9.17) is 5.26 Å². The maximum absolute atomic E-state index is 12.2. The van der Waals surface area contributed by atoms with Crippen LogP contribution in [0.1, 0.15) is 20.3 Å². The van der Waals surface area contributed by atoms with Crippen LogP contribution in [0.25, 0.3) is 10.9 Å². The molecule has 20 heavy (non-hydrogen) atoms. The number of carbonyl (C=O) groups excluding carboxylic acids is 1. The molecule has 0 radical (unpaired) electrons. The summed E-state index contributed by atoms with van der Waals surface area (Å²) < 4.78 is 0.879. The number of benzene rings is 1. The number of para-hydroxylation sites is 1. The van der Waals surface area contributed by atoms with Crippen LogP contribution in [0.5, 0.6) is 0 Å². The van der Waals surface area contributed by atoms with E-state index in [1.54, 1.807) is 19.2 Å². The summed E-state index contributed by atoms with van der Waals surface area (Å²) in [4.78, 5) is 16.6. The Morgan fingerprint density at radius 2 is 2.30 bits per heavy atom. The molecule has 0 aliphatic rings. The molecule has 1 unspecified atom stereocenters. The van der Waals surface area contributed by atoms with Crippen molar-refractivity contribution in [1.29, 1.82) is 5.26 Å². The van der Waals surface area contributed by atoms with E-state index < -0.39 is 5.41 Å². The molecule has 0 fully saturated rings. The van der Waals surface area contributed by atoms with E-state index in [0.29, 0.717) is 17.6 Å². The number of nitrogens with one attached hydrogen (secondary N) is 1. The number of aromatic nitrogens is 1. The number of nitrogens with zero attached hydrogens (tertiary/aromatic N) is 2.